The van der Waals surface area contributed by atoms with Gasteiger partial charge in [0.05, 0.1) is 0 Å². The fraction of sp³-hybridized carbons (Fsp3) is 0.857. The molecule has 0 saturated heterocycles. The Balaban J connectivity index is 0. The van der Waals surface area contributed by atoms with E-state index in [1.165, 1.54) is 12.8 Å². The van der Waals surface area contributed by atoms with E-state index in [0.29, 0.717) is 6.42 Å². The molecule has 3 nitrogen and oxygen atoms in total. The Kier molecular flexibility index (Phi) is 13.3. The first-order chi connectivity index (χ1) is 4.81. The van der Waals surface area contributed by atoms with Crippen LogP contribution < -0.4 is 5.90 Å². The van der Waals surface area contributed by atoms with Crippen LogP contribution in [0.15, 0.2) is 0 Å². The quantitative estimate of drug-likeness (QED) is 0.375. The summed E-state index contributed by atoms with van der Waals surface area (Å²) in [4.78, 5) is 14.4. The van der Waals surface area contributed by atoms with Crippen LogP contribution in [0, 0.1) is 0 Å². The number of rotatable bonds is 5. The molecule has 2 N–H and O–H groups in total. The minimum atomic E-state index is -0.309. The Labute approximate surface area is 89.9 Å². The van der Waals surface area contributed by atoms with E-state index in [4.69, 9.17) is 0 Å². The summed E-state index contributed by atoms with van der Waals surface area (Å²) in [7, 11) is 0. The van der Waals surface area contributed by atoms with Crippen molar-refractivity contribution in [2.45, 2.75) is 39.0 Å². The Bertz CT molecular complexity index is 98.4. The van der Waals surface area contributed by atoms with Crippen molar-refractivity contribution in [3.63, 3.8) is 0 Å². The van der Waals surface area contributed by atoms with Crippen LogP contribution >= 0.6 is 0 Å². The van der Waals surface area contributed by atoms with E-state index in [9.17, 15) is 4.79 Å². The molecule has 0 fully saturated rings. The van der Waals surface area contributed by atoms with Crippen molar-refractivity contribution in [2.24, 2.45) is 5.90 Å². The Hall–Kier alpha value is 0.430. The van der Waals surface area contributed by atoms with E-state index < -0.39 is 0 Å². The van der Waals surface area contributed by atoms with Gasteiger partial charge in [0, 0.05) is 6.42 Å². The first kappa shape index (κ1) is 14.0. The molecule has 0 saturated carbocycles. The van der Waals surface area contributed by atoms with Crippen molar-refractivity contribution >= 4 is 35.5 Å². The number of hydrogen-bond donors (Lipinski definition) is 1. The van der Waals surface area contributed by atoms with Gasteiger partial charge >= 0.3 is 35.5 Å². The van der Waals surface area contributed by atoms with Crippen LogP contribution in [0.1, 0.15) is 39.0 Å². The summed E-state index contributed by atoms with van der Waals surface area (Å²) in [5.74, 6) is 4.33. The Morgan fingerprint density at radius 2 is 2.00 bits per heavy atom. The standard InChI is InChI=1S/C7H15NO2.Na.H/c1-2-3-4-5-6-7(9)10-8;;/h2-6,8H2,1H3;;. The van der Waals surface area contributed by atoms with Crippen LogP contribution in [-0.2, 0) is 9.63 Å². The van der Waals surface area contributed by atoms with Gasteiger partial charge in [-0.3, -0.25) is 4.79 Å². The zero-order valence-electron chi connectivity index (χ0n) is 6.43. The van der Waals surface area contributed by atoms with Crippen LogP contribution in [0.25, 0.3) is 0 Å². The fourth-order valence-corrected chi connectivity index (χ4v) is 0.755. The topological polar surface area (TPSA) is 52.3 Å². The number of carbonyl (C=O) groups excluding carboxylic acids is 1. The average Bonchev–Trinajstić information content (AvgIpc) is 1.98. The second kappa shape index (κ2) is 10.4. The molecule has 0 unspecified atom stereocenters. The summed E-state index contributed by atoms with van der Waals surface area (Å²) in [6.07, 6.45) is 4.79. The normalized spacial score (nSPS) is 8.55. The second-order valence-corrected chi connectivity index (χ2v) is 2.30. The van der Waals surface area contributed by atoms with E-state index in [1.807, 2.05) is 0 Å². The van der Waals surface area contributed by atoms with Crippen LogP contribution in [0.3, 0.4) is 0 Å². The minimum absolute atomic E-state index is 0. The molecule has 0 aromatic rings. The molecule has 0 amide bonds. The summed E-state index contributed by atoms with van der Waals surface area (Å²) < 4.78 is 0. The summed E-state index contributed by atoms with van der Waals surface area (Å²) in [6.45, 7) is 2.13. The average molecular weight is 169 g/mol. The van der Waals surface area contributed by atoms with Crippen molar-refractivity contribution in [3.05, 3.63) is 0 Å². The monoisotopic (exact) mass is 169 g/mol. The van der Waals surface area contributed by atoms with Gasteiger partial charge in [-0.25, -0.2) is 0 Å². The number of hydrogen-bond acceptors (Lipinski definition) is 3. The van der Waals surface area contributed by atoms with E-state index in [1.54, 1.807) is 0 Å². The summed E-state index contributed by atoms with van der Waals surface area (Å²) in [5, 5.41) is 0. The van der Waals surface area contributed by atoms with Crippen LogP contribution in [0.2, 0.25) is 0 Å². The van der Waals surface area contributed by atoms with Gasteiger partial charge in [-0.1, -0.05) is 26.2 Å². The van der Waals surface area contributed by atoms with Gasteiger partial charge in [0.25, 0.3) is 0 Å². The molecule has 0 aromatic heterocycles. The molecule has 0 aliphatic heterocycles. The zero-order valence-corrected chi connectivity index (χ0v) is 6.43. The molecule has 0 bridgehead atoms. The van der Waals surface area contributed by atoms with E-state index in [0.717, 1.165) is 12.8 Å². The molecule has 4 heteroatoms. The van der Waals surface area contributed by atoms with E-state index in [2.05, 4.69) is 17.7 Å². The molecule has 0 aliphatic carbocycles. The van der Waals surface area contributed by atoms with Crippen molar-refractivity contribution in [2.75, 3.05) is 0 Å². The zero-order chi connectivity index (χ0) is 7.82. The molecule has 11 heavy (non-hydrogen) atoms. The molecule has 0 aromatic carbocycles. The third kappa shape index (κ3) is 10.4. The van der Waals surface area contributed by atoms with Crippen molar-refractivity contribution in [1.29, 1.82) is 0 Å². The summed E-state index contributed by atoms with van der Waals surface area (Å²) in [5.41, 5.74) is 0. The number of carbonyl (C=O) groups is 1. The third-order valence-electron chi connectivity index (χ3n) is 1.37. The molecule has 62 valence electrons. The predicted molar refractivity (Wildman–Crippen MR) is 46.2 cm³/mol. The van der Waals surface area contributed by atoms with Crippen molar-refractivity contribution in [1.82, 2.24) is 0 Å². The Morgan fingerprint density at radius 3 is 2.45 bits per heavy atom. The Morgan fingerprint density at radius 1 is 1.36 bits per heavy atom. The number of unbranched alkanes of at least 4 members (excludes halogenated alkanes) is 3. The fourth-order valence-electron chi connectivity index (χ4n) is 0.755. The summed E-state index contributed by atoms with van der Waals surface area (Å²) >= 11 is 0. The van der Waals surface area contributed by atoms with Gasteiger partial charge in [-0.2, -0.15) is 5.90 Å². The van der Waals surface area contributed by atoms with Gasteiger partial charge in [-0.15, -0.1) is 0 Å². The SMILES string of the molecule is CCCCCCC(=O)ON.[NaH]. The molecule has 0 spiro atoms. The van der Waals surface area contributed by atoms with Crippen LogP contribution in [0.4, 0.5) is 0 Å². The van der Waals surface area contributed by atoms with Gasteiger partial charge in [0.1, 0.15) is 0 Å². The van der Waals surface area contributed by atoms with Crippen LogP contribution in [-0.4, -0.2) is 35.5 Å². The van der Waals surface area contributed by atoms with E-state index in [-0.39, 0.29) is 35.5 Å². The van der Waals surface area contributed by atoms with Crippen molar-refractivity contribution in [3.8, 4) is 0 Å². The molecule has 0 heterocycles. The van der Waals surface area contributed by atoms with Crippen LogP contribution in [0.5, 0.6) is 0 Å². The molecular formula is C7H16NNaO2. The molecule has 0 aliphatic rings. The molecule has 0 atom stereocenters. The first-order valence-electron chi connectivity index (χ1n) is 3.70. The predicted octanol–water partition coefficient (Wildman–Crippen LogP) is 0.725. The first-order valence-corrected chi connectivity index (χ1v) is 3.70. The molecule has 0 rings (SSSR count). The van der Waals surface area contributed by atoms with Gasteiger partial charge in [-0.05, 0) is 6.42 Å². The molecule has 0 radical (unpaired) electrons. The maximum absolute atomic E-state index is 10.4. The third-order valence-corrected chi connectivity index (χ3v) is 1.37. The molecular weight excluding hydrogens is 153 g/mol. The van der Waals surface area contributed by atoms with Gasteiger partial charge in [0.2, 0.25) is 0 Å². The van der Waals surface area contributed by atoms with Gasteiger partial charge < -0.3 is 4.84 Å². The van der Waals surface area contributed by atoms with Gasteiger partial charge in [0.15, 0.2) is 0 Å². The maximum atomic E-state index is 10.4. The summed E-state index contributed by atoms with van der Waals surface area (Å²) in [6, 6.07) is 0. The second-order valence-electron chi connectivity index (χ2n) is 2.30. The van der Waals surface area contributed by atoms with Crippen molar-refractivity contribution < 1.29 is 9.63 Å². The van der Waals surface area contributed by atoms with E-state index >= 15 is 0 Å². The number of nitrogens with two attached hydrogens (primary N) is 1.